The molecule has 1 heterocycles. The minimum absolute atomic E-state index is 0.0511. The molecule has 0 bridgehead atoms. The third kappa shape index (κ3) is 2.77. The molecule has 1 saturated heterocycles. The highest BCUT2D eigenvalue weighted by Gasteiger charge is 2.34. The molecule has 0 aromatic heterocycles. The van der Waals surface area contributed by atoms with E-state index in [9.17, 15) is 9.59 Å². The zero-order valence-corrected chi connectivity index (χ0v) is 10.3. The average molecular weight is 239 g/mol. The second-order valence-corrected chi connectivity index (χ2v) is 5.27. The summed E-state index contributed by atoms with van der Waals surface area (Å²) < 4.78 is 0. The number of nitrogens with zero attached hydrogens (tertiary/aromatic N) is 1. The fourth-order valence-electron chi connectivity index (χ4n) is 2.87. The van der Waals surface area contributed by atoms with Crippen molar-refractivity contribution in [3.8, 4) is 0 Å². The number of amides is 2. The van der Waals surface area contributed by atoms with Crippen LogP contribution in [0.4, 0.5) is 0 Å². The predicted molar refractivity (Wildman–Crippen MR) is 64.1 cm³/mol. The zero-order chi connectivity index (χ0) is 12.4. The van der Waals surface area contributed by atoms with E-state index in [4.69, 9.17) is 5.73 Å². The Kier molecular flexibility index (Phi) is 3.66. The SMILES string of the molecule is CC1CC(N)CCC1C(=O)N1CCNC(=O)C1. The first kappa shape index (κ1) is 12.4. The largest absolute Gasteiger partial charge is 0.353 e. The molecule has 0 radical (unpaired) electrons. The third-order valence-electron chi connectivity index (χ3n) is 3.88. The Morgan fingerprint density at radius 1 is 1.47 bits per heavy atom. The molecule has 3 N–H and O–H groups in total. The van der Waals surface area contributed by atoms with Crippen LogP contribution in [0, 0.1) is 11.8 Å². The maximum Gasteiger partial charge on any atom is 0.239 e. The first-order chi connectivity index (χ1) is 8.08. The van der Waals surface area contributed by atoms with Crippen molar-refractivity contribution in [1.29, 1.82) is 0 Å². The summed E-state index contributed by atoms with van der Waals surface area (Å²) in [7, 11) is 0. The van der Waals surface area contributed by atoms with Gasteiger partial charge in [0.15, 0.2) is 0 Å². The summed E-state index contributed by atoms with van der Waals surface area (Å²) in [6.07, 6.45) is 2.69. The van der Waals surface area contributed by atoms with Gasteiger partial charge in [0.25, 0.3) is 0 Å². The van der Waals surface area contributed by atoms with Gasteiger partial charge in [-0.1, -0.05) is 6.92 Å². The van der Waals surface area contributed by atoms with Gasteiger partial charge in [-0.15, -0.1) is 0 Å². The highest BCUT2D eigenvalue weighted by Crippen LogP contribution is 2.30. The Labute approximate surface area is 102 Å². The van der Waals surface area contributed by atoms with E-state index in [-0.39, 0.29) is 30.3 Å². The quantitative estimate of drug-likeness (QED) is 0.660. The molecular weight excluding hydrogens is 218 g/mol. The van der Waals surface area contributed by atoms with Crippen molar-refractivity contribution in [1.82, 2.24) is 10.2 Å². The van der Waals surface area contributed by atoms with Gasteiger partial charge in [0.1, 0.15) is 0 Å². The fourth-order valence-corrected chi connectivity index (χ4v) is 2.87. The van der Waals surface area contributed by atoms with Gasteiger partial charge in [-0.25, -0.2) is 0 Å². The normalized spacial score (nSPS) is 34.4. The minimum Gasteiger partial charge on any atom is -0.353 e. The zero-order valence-electron chi connectivity index (χ0n) is 10.3. The molecule has 3 atom stereocenters. The molecule has 1 aliphatic carbocycles. The smallest absolute Gasteiger partial charge is 0.239 e. The molecule has 2 aliphatic rings. The van der Waals surface area contributed by atoms with Gasteiger partial charge in [-0.2, -0.15) is 0 Å². The first-order valence-electron chi connectivity index (χ1n) is 6.39. The van der Waals surface area contributed by atoms with Crippen LogP contribution < -0.4 is 11.1 Å². The van der Waals surface area contributed by atoms with Gasteiger partial charge in [0, 0.05) is 25.0 Å². The van der Waals surface area contributed by atoms with Gasteiger partial charge in [-0.3, -0.25) is 9.59 Å². The van der Waals surface area contributed by atoms with Crippen molar-refractivity contribution in [2.75, 3.05) is 19.6 Å². The molecule has 2 amide bonds. The molecule has 0 aromatic rings. The van der Waals surface area contributed by atoms with Crippen molar-refractivity contribution in [3.63, 3.8) is 0 Å². The van der Waals surface area contributed by atoms with E-state index >= 15 is 0 Å². The highest BCUT2D eigenvalue weighted by molar-refractivity contribution is 5.87. The van der Waals surface area contributed by atoms with Crippen molar-refractivity contribution >= 4 is 11.8 Å². The molecule has 96 valence electrons. The van der Waals surface area contributed by atoms with Crippen LogP contribution in [0.2, 0.25) is 0 Å². The summed E-state index contributed by atoms with van der Waals surface area (Å²) in [5.41, 5.74) is 5.90. The molecule has 5 heteroatoms. The van der Waals surface area contributed by atoms with Gasteiger partial charge in [0.05, 0.1) is 6.54 Å². The maximum absolute atomic E-state index is 12.3. The Morgan fingerprint density at radius 2 is 2.24 bits per heavy atom. The summed E-state index contributed by atoms with van der Waals surface area (Å²) in [6.45, 7) is 3.52. The van der Waals surface area contributed by atoms with E-state index in [0.29, 0.717) is 19.0 Å². The van der Waals surface area contributed by atoms with Gasteiger partial charge in [-0.05, 0) is 25.2 Å². The predicted octanol–water partition coefficient (Wildman–Crippen LogP) is -0.292. The van der Waals surface area contributed by atoms with Crippen LogP contribution in [0.5, 0.6) is 0 Å². The fraction of sp³-hybridized carbons (Fsp3) is 0.833. The Morgan fingerprint density at radius 3 is 2.88 bits per heavy atom. The summed E-state index contributed by atoms with van der Waals surface area (Å²) in [5, 5.41) is 2.74. The summed E-state index contributed by atoms with van der Waals surface area (Å²) in [4.78, 5) is 25.3. The molecule has 1 aliphatic heterocycles. The summed E-state index contributed by atoms with van der Waals surface area (Å²) in [5.74, 6) is 0.473. The average Bonchev–Trinajstić information content (AvgIpc) is 2.28. The second kappa shape index (κ2) is 5.04. The van der Waals surface area contributed by atoms with Crippen molar-refractivity contribution in [2.24, 2.45) is 17.6 Å². The first-order valence-corrected chi connectivity index (χ1v) is 6.39. The molecular formula is C12H21N3O2. The van der Waals surface area contributed by atoms with Crippen LogP contribution in [-0.4, -0.2) is 42.4 Å². The van der Waals surface area contributed by atoms with Gasteiger partial charge in [0.2, 0.25) is 11.8 Å². The number of hydrogen-bond acceptors (Lipinski definition) is 3. The molecule has 17 heavy (non-hydrogen) atoms. The van der Waals surface area contributed by atoms with Crippen LogP contribution >= 0.6 is 0 Å². The highest BCUT2D eigenvalue weighted by atomic mass is 16.2. The monoisotopic (exact) mass is 239 g/mol. The lowest BCUT2D eigenvalue weighted by Gasteiger charge is -2.36. The summed E-state index contributed by atoms with van der Waals surface area (Å²) in [6, 6.07) is 0.235. The Bertz CT molecular complexity index is 319. The van der Waals surface area contributed by atoms with E-state index in [0.717, 1.165) is 19.3 Å². The molecule has 3 unspecified atom stereocenters. The minimum atomic E-state index is -0.0511. The number of rotatable bonds is 1. The topological polar surface area (TPSA) is 75.4 Å². The van der Waals surface area contributed by atoms with Crippen LogP contribution in [0.3, 0.4) is 0 Å². The van der Waals surface area contributed by atoms with E-state index in [1.165, 1.54) is 0 Å². The second-order valence-electron chi connectivity index (χ2n) is 5.27. The third-order valence-corrected chi connectivity index (χ3v) is 3.88. The number of carbonyl (C=O) groups is 2. The van der Waals surface area contributed by atoms with Crippen molar-refractivity contribution < 1.29 is 9.59 Å². The van der Waals surface area contributed by atoms with Gasteiger partial charge >= 0.3 is 0 Å². The van der Waals surface area contributed by atoms with Crippen LogP contribution in [0.25, 0.3) is 0 Å². The van der Waals surface area contributed by atoms with Crippen molar-refractivity contribution in [3.05, 3.63) is 0 Å². The standard InChI is InChI=1S/C12H21N3O2/c1-8-6-9(13)2-3-10(8)12(17)15-5-4-14-11(16)7-15/h8-10H,2-7,13H2,1H3,(H,14,16). The lowest BCUT2D eigenvalue weighted by atomic mass is 9.77. The molecule has 5 nitrogen and oxygen atoms in total. The van der Waals surface area contributed by atoms with E-state index in [1.807, 2.05) is 0 Å². The Balaban J connectivity index is 1.97. The number of hydrogen-bond donors (Lipinski definition) is 2. The van der Waals surface area contributed by atoms with Crippen LogP contribution in [-0.2, 0) is 9.59 Å². The van der Waals surface area contributed by atoms with E-state index in [2.05, 4.69) is 12.2 Å². The van der Waals surface area contributed by atoms with Gasteiger partial charge < -0.3 is 16.0 Å². The number of carbonyl (C=O) groups excluding carboxylic acids is 2. The number of nitrogens with one attached hydrogen (secondary N) is 1. The Hall–Kier alpha value is -1.10. The molecule has 2 rings (SSSR count). The van der Waals surface area contributed by atoms with Crippen LogP contribution in [0.1, 0.15) is 26.2 Å². The molecule has 0 aromatic carbocycles. The lowest BCUT2D eigenvalue weighted by Crippen LogP contribution is -2.53. The number of nitrogens with two attached hydrogens (primary N) is 1. The lowest BCUT2D eigenvalue weighted by molar-refractivity contribution is -0.143. The molecule has 0 spiro atoms. The summed E-state index contributed by atoms with van der Waals surface area (Å²) >= 11 is 0. The van der Waals surface area contributed by atoms with E-state index < -0.39 is 0 Å². The maximum atomic E-state index is 12.3. The van der Waals surface area contributed by atoms with E-state index in [1.54, 1.807) is 4.90 Å². The van der Waals surface area contributed by atoms with Crippen molar-refractivity contribution in [2.45, 2.75) is 32.2 Å². The van der Waals surface area contributed by atoms with Crippen LogP contribution in [0.15, 0.2) is 0 Å². The molecule has 2 fully saturated rings. The number of piperazine rings is 1. The molecule has 1 saturated carbocycles.